The molecule has 0 atom stereocenters. The fourth-order valence-electron chi connectivity index (χ4n) is 3.69. The van der Waals surface area contributed by atoms with E-state index in [2.05, 4.69) is 25.3 Å². The fraction of sp³-hybridized carbons (Fsp3) is 0.120. The second-order valence-corrected chi connectivity index (χ2v) is 9.71. The largest absolute Gasteiger partial charge is 0.475 e. The zero-order valence-corrected chi connectivity index (χ0v) is 20.1. The van der Waals surface area contributed by atoms with Crippen LogP contribution in [0, 0.1) is 6.92 Å². The number of aliphatic imine (C=N–C) groups is 1. The van der Waals surface area contributed by atoms with E-state index < -0.39 is 15.9 Å². The molecule has 182 valence electrons. The molecule has 5 rings (SSSR count). The van der Waals surface area contributed by atoms with Crippen molar-refractivity contribution in [3.8, 4) is 5.69 Å². The zero-order valence-electron chi connectivity index (χ0n) is 19.2. The molecule has 0 spiro atoms. The van der Waals surface area contributed by atoms with Crippen LogP contribution < -0.4 is 10.0 Å². The summed E-state index contributed by atoms with van der Waals surface area (Å²) in [7, 11) is -3.98. The molecule has 11 heteroatoms. The lowest BCUT2D eigenvalue weighted by Gasteiger charge is -2.16. The summed E-state index contributed by atoms with van der Waals surface area (Å²) in [6.07, 6.45) is 3.12. The molecule has 1 amide bonds. The Morgan fingerprint density at radius 3 is 2.56 bits per heavy atom. The lowest BCUT2D eigenvalue weighted by Crippen LogP contribution is -2.20. The monoisotopic (exact) mass is 502 g/mol. The third-order valence-electron chi connectivity index (χ3n) is 5.50. The number of rotatable bonds is 7. The molecule has 0 radical (unpaired) electrons. The van der Waals surface area contributed by atoms with E-state index in [9.17, 15) is 13.2 Å². The number of aryl methyl sites for hydroxylation is 1. The van der Waals surface area contributed by atoms with E-state index in [4.69, 9.17) is 4.74 Å². The first-order valence-electron chi connectivity index (χ1n) is 11.1. The molecule has 36 heavy (non-hydrogen) atoms. The van der Waals surface area contributed by atoms with Gasteiger partial charge in [0.05, 0.1) is 52.0 Å². The van der Waals surface area contributed by atoms with Crippen LogP contribution in [0.3, 0.4) is 0 Å². The number of anilines is 2. The summed E-state index contributed by atoms with van der Waals surface area (Å²) in [6.45, 7) is 2.90. The quantitative estimate of drug-likeness (QED) is 0.399. The van der Waals surface area contributed by atoms with Crippen molar-refractivity contribution in [2.45, 2.75) is 11.8 Å². The zero-order chi connectivity index (χ0) is 25.1. The van der Waals surface area contributed by atoms with E-state index in [1.165, 1.54) is 35.1 Å². The molecular weight excluding hydrogens is 480 g/mol. The summed E-state index contributed by atoms with van der Waals surface area (Å²) in [5.74, 6) is -0.0551. The molecule has 2 N–H and O–H groups in total. The Hall–Kier alpha value is -4.51. The molecular formula is C25H22N6O4S. The molecule has 1 aliphatic heterocycles. The normalized spacial score (nSPS) is 13.1. The van der Waals surface area contributed by atoms with Gasteiger partial charge in [-0.3, -0.25) is 9.52 Å². The van der Waals surface area contributed by atoms with Crippen molar-refractivity contribution in [3.63, 3.8) is 0 Å². The van der Waals surface area contributed by atoms with Crippen LogP contribution in [-0.2, 0) is 14.8 Å². The maximum Gasteiger partial charge on any atom is 0.261 e. The van der Waals surface area contributed by atoms with E-state index in [1.54, 1.807) is 42.6 Å². The van der Waals surface area contributed by atoms with Gasteiger partial charge in [-0.25, -0.2) is 18.1 Å². The molecule has 0 fully saturated rings. The number of para-hydroxylation sites is 1. The number of hydrogen-bond donors (Lipinski definition) is 2. The third kappa shape index (κ3) is 4.82. The number of hydrogen-bond acceptors (Lipinski definition) is 7. The number of amides is 1. The molecule has 0 bridgehead atoms. The average Bonchev–Trinajstić information content (AvgIpc) is 3.59. The summed E-state index contributed by atoms with van der Waals surface area (Å²) in [5.41, 5.74) is 2.81. The Bertz CT molecular complexity index is 1550. The molecule has 0 saturated heterocycles. The minimum atomic E-state index is -3.98. The first-order valence-corrected chi connectivity index (χ1v) is 12.6. The Morgan fingerprint density at radius 1 is 1.03 bits per heavy atom. The van der Waals surface area contributed by atoms with Crippen LogP contribution >= 0.6 is 0 Å². The van der Waals surface area contributed by atoms with Gasteiger partial charge in [-0.1, -0.05) is 35.0 Å². The lowest BCUT2D eigenvalue weighted by atomic mass is 10.1. The van der Waals surface area contributed by atoms with Crippen molar-refractivity contribution in [1.29, 1.82) is 0 Å². The number of sulfonamides is 1. The Labute approximate surface area is 207 Å². The van der Waals surface area contributed by atoms with Crippen molar-refractivity contribution in [2.75, 3.05) is 23.2 Å². The number of nitrogens with zero attached hydrogens (tertiary/aromatic N) is 4. The second kappa shape index (κ2) is 9.62. The Balaban J connectivity index is 1.51. The summed E-state index contributed by atoms with van der Waals surface area (Å²) in [5, 5.41) is 10.6. The molecule has 4 aromatic rings. The molecule has 1 aliphatic rings. The summed E-state index contributed by atoms with van der Waals surface area (Å²) < 4.78 is 35.9. The van der Waals surface area contributed by atoms with Gasteiger partial charge < -0.3 is 10.1 Å². The topological polar surface area (TPSA) is 128 Å². The number of aromatic nitrogens is 3. The number of benzene rings is 3. The second-order valence-electron chi connectivity index (χ2n) is 8.03. The summed E-state index contributed by atoms with van der Waals surface area (Å²) >= 11 is 0. The standard InChI is InChI=1S/C25H22N6O4S/c1-17-6-9-19(10-7-17)36(33,34)29-23-16-18(31-14-12-27-30-31)8-11-20(23)24(32)28-22-5-3-2-4-21(22)25-26-13-15-35-25/h2-12,14,16,29H,13,15H2,1H3,(H,28,32). The van der Waals surface area contributed by atoms with Gasteiger partial charge in [-0.15, -0.1) is 5.10 Å². The van der Waals surface area contributed by atoms with Crippen LogP contribution in [0.1, 0.15) is 21.5 Å². The van der Waals surface area contributed by atoms with E-state index in [0.29, 0.717) is 36.0 Å². The maximum absolute atomic E-state index is 13.4. The Kier molecular flexibility index (Phi) is 6.21. The highest BCUT2D eigenvalue weighted by Crippen LogP contribution is 2.26. The van der Waals surface area contributed by atoms with Gasteiger partial charge in [0.2, 0.25) is 5.90 Å². The minimum absolute atomic E-state index is 0.0763. The molecule has 10 nitrogen and oxygen atoms in total. The smallest absolute Gasteiger partial charge is 0.261 e. The van der Waals surface area contributed by atoms with E-state index in [1.807, 2.05) is 13.0 Å². The Morgan fingerprint density at radius 2 is 1.83 bits per heavy atom. The number of ether oxygens (including phenoxy) is 1. The highest BCUT2D eigenvalue weighted by Gasteiger charge is 2.22. The van der Waals surface area contributed by atoms with Crippen molar-refractivity contribution in [2.24, 2.45) is 4.99 Å². The van der Waals surface area contributed by atoms with Crippen LogP contribution in [0.4, 0.5) is 11.4 Å². The van der Waals surface area contributed by atoms with Crippen LogP contribution in [-0.4, -0.2) is 48.4 Å². The third-order valence-corrected chi connectivity index (χ3v) is 6.88. The van der Waals surface area contributed by atoms with Gasteiger partial charge >= 0.3 is 0 Å². The summed E-state index contributed by atoms with van der Waals surface area (Å²) in [6, 6.07) is 18.3. The predicted octanol–water partition coefficient (Wildman–Crippen LogP) is 3.41. The van der Waals surface area contributed by atoms with Crippen LogP contribution in [0.2, 0.25) is 0 Å². The van der Waals surface area contributed by atoms with Crippen molar-refractivity contribution < 1.29 is 17.9 Å². The van der Waals surface area contributed by atoms with Crippen molar-refractivity contribution in [1.82, 2.24) is 15.0 Å². The molecule has 0 aliphatic carbocycles. The summed E-state index contributed by atoms with van der Waals surface area (Å²) in [4.78, 5) is 17.8. The number of carbonyl (C=O) groups is 1. The molecule has 0 saturated carbocycles. The van der Waals surface area contributed by atoms with Crippen molar-refractivity contribution in [3.05, 3.63) is 95.8 Å². The molecule has 0 unspecified atom stereocenters. The maximum atomic E-state index is 13.4. The van der Waals surface area contributed by atoms with Gasteiger partial charge in [0, 0.05) is 0 Å². The highest BCUT2D eigenvalue weighted by atomic mass is 32.2. The van der Waals surface area contributed by atoms with Crippen LogP contribution in [0.25, 0.3) is 5.69 Å². The molecule has 3 aromatic carbocycles. The average molecular weight is 503 g/mol. The van der Waals surface area contributed by atoms with Gasteiger partial charge in [0.25, 0.3) is 15.9 Å². The highest BCUT2D eigenvalue weighted by molar-refractivity contribution is 7.92. The minimum Gasteiger partial charge on any atom is -0.475 e. The van der Waals surface area contributed by atoms with Gasteiger partial charge in [-0.2, -0.15) is 0 Å². The van der Waals surface area contributed by atoms with E-state index >= 15 is 0 Å². The van der Waals surface area contributed by atoms with Gasteiger partial charge in [0.15, 0.2) is 0 Å². The first-order chi connectivity index (χ1) is 17.4. The van der Waals surface area contributed by atoms with Gasteiger partial charge in [-0.05, 0) is 49.4 Å². The first kappa shape index (κ1) is 23.2. The van der Waals surface area contributed by atoms with Crippen LogP contribution in [0.5, 0.6) is 0 Å². The molecule has 1 aromatic heterocycles. The SMILES string of the molecule is Cc1ccc(S(=O)(=O)Nc2cc(-n3ccnn3)ccc2C(=O)Nc2ccccc2C2=NCCO2)cc1. The number of nitrogens with one attached hydrogen (secondary N) is 2. The lowest BCUT2D eigenvalue weighted by molar-refractivity contribution is 0.102. The number of carbonyl (C=O) groups excluding carboxylic acids is 1. The fourth-order valence-corrected chi connectivity index (χ4v) is 4.76. The molecule has 2 heterocycles. The van der Waals surface area contributed by atoms with Gasteiger partial charge in [0.1, 0.15) is 6.61 Å². The van der Waals surface area contributed by atoms with Crippen LogP contribution in [0.15, 0.2) is 89.0 Å². The van der Waals surface area contributed by atoms with Crippen molar-refractivity contribution >= 4 is 33.2 Å². The van der Waals surface area contributed by atoms with E-state index in [0.717, 1.165) is 5.56 Å². The van der Waals surface area contributed by atoms with E-state index in [-0.39, 0.29) is 16.1 Å². The predicted molar refractivity (Wildman–Crippen MR) is 135 cm³/mol.